The summed E-state index contributed by atoms with van der Waals surface area (Å²) in [4.78, 5) is 31.8. The predicted molar refractivity (Wildman–Crippen MR) is 70.9 cm³/mol. The van der Waals surface area contributed by atoms with Crippen molar-refractivity contribution in [1.29, 1.82) is 0 Å². The molecule has 1 aromatic rings. The summed E-state index contributed by atoms with van der Waals surface area (Å²) in [5.41, 5.74) is 0. The Hall–Kier alpha value is -2.90. The van der Waals surface area contributed by atoms with Crippen LogP contribution in [0.3, 0.4) is 0 Å². The molecule has 0 unspecified atom stereocenters. The summed E-state index contributed by atoms with van der Waals surface area (Å²) in [7, 11) is 1.37. The van der Waals surface area contributed by atoms with Gasteiger partial charge in [0.15, 0.2) is 11.5 Å². The highest BCUT2D eigenvalue weighted by molar-refractivity contribution is 5.84. The van der Waals surface area contributed by atoms with Crippen LogP contribution in [-0.2, 0) is 9.59 Å². The van der Waals surface area contributed by atoms with Crippen molar-refractivity contribution < 1.29 is 28.7 Å². The minimum absolute atomic E-state index is 0.151. The summed E-state index contributed by atoms with van der Waals surface area (Å²) >= 11 is 0. The predicted octanol–water partition coefficient (Wildman–Crippen LogP) is 1.36. The number of rotatable bonds is 6. The quantitative estimate of drug-likeness (QED) is 0.256. The van der Waals surface area contributed by atoms with Crippen molar-refractivity contribution in [2.75, 3.05) is 13.7 Å². The largest absolute Gasteiger partial charge is 0.493 e. The van der Waals surface area contributed by atoms with Crippen LogP contribution < -0.4 is 14.2 Å². The minimum Gasteiger partial charge on any atom is -0.493 e. The molecule has 1 rings (SSSR count). The van der Waals surface area contributed by atoms with Crippen LogP contribution >= 0.6 is 0 Å². The van der Waals surface area contributed by atoms with Crippen molar-refractivity contribution in [2.45, 2.75) is 6.92 Å². The highest BCUT2D eigenvalue weighted by Crippen LogP contribution is 2.31. The van der Waals surface area contributed by atoms with Gasteiger partial charge >= 0.3 is 11.9 Å². The van der Waals surface area contributed by atoms with E-state index in [0.717, 1.165) is 12.2 Å². The van der Waals surface area contributed by atoms with E-state index in [4.69, 9.17) is 14.2 Å². The molecule has 1 aromatic carbocycles. The smallest absolute Gasteiger partial charge is 0.336 e. The van der Waals surface area contributed by atoms with Crippen LogP contribution in [0.2, 0.25) is 0 Å². The molecule has 0 atom stereocenters. The van der Waals surface area contributed by atoms with E-state index in [0.29, 0.717) is 0 Å². The molecule has 0 amide bonds. The average molecular weight is 295 g/mol. The Morgan fingerprint density at radius 2 is 2.00 bits per heavy atom. The van der Waals surface area contributed by atoms with Crippen molar-refractivity contribution in [2.24, 2.45) is 0 Å². The molecule has 0 saturated carbocycles. The van der Waals surface area contributed by atoms with Gasteiger partial charge in [-0.25, -0.2) is 4.79 Å². The third-order valence-corrected chi connectivity index (χ3v) is 2.12. The second-order valence-corrected chi connectivity index (χ2v) is 3.75. The van der Waals surface area contributed by atoms with E-state index in [1.165, 1.54) is 32.2 Å². The lowest BCUT2D eigenvalue weighted by molar-refractivity contribution is -0.468. The Balaban J connectivity index is 2.76. The Kier molecular flexibility index (Phi) is 5.87. The Morgan fingerprint density at radius 1 is 1.29 bits per heavy atom. The highest BCUT2D eigenvalue weighted by Gasteiger charge is 2.10. The standard InChI is InChI=1S/C13H13NO7/c1-9(15)20-11-6-5-10(8-12(11)19-2)21-13(16)4-3-7-14(17)18/h3-6,8H,7H2,1-2H3. The van der Waals surface area contributed by atoms with Gasteiger partial charge in [0.25, 0.3) is 0 Å². The first-order valence-electron chi connectivity index (χ1n) is 5.79. The van der Waals surface area contributed by atoms with Gasteiger partial charge in [0.2, 0.25) is 6.54 Å². The number of benzene rings is 1. The lowest BCUT2D eigenvalue weighted by Crippen LogP contribution is -2.06. The third-order valence-electron chi connectivity index (χ3n) is 2.12. The van der Waals surface area contributed by atoms with E-state index in [1.54, 1.807) is 0 Å². The molecule has 0 aromatic heterocycles. The fraction of sp³-hybridized carbons (Fsp3) is 0.231. The van der Waals surface area contributed by atoms with Crippen molar-refractivity contribution in [3.8, 4) is 17.2 Å². The first kappa shape index (κ1) is 16.2. The zero-order valence-electron chi connectivity index (χ0n) is 11.4. The highest BCUT2D eigenvalue weighted by atomic mass is 16.6. The number of methoxy groups -OCH3 is 1. The van der Waals surface area contributed by atoms with Crippen molar-refractivity contribution in [1.82, 2.24) is 0 Å². The lowest BCUT2D eigenvalue weighted by Gasteiger charge is -2.09. The summed E-state index contributed by atoms with van der Waals surface area (Å²) < 4.78 is 14.8. The van der Waals surface area contributed by atoms with Crippen LogP contribution in [0.5, 0.6) is 17.2 Å². The molecule has 0 aliphatic carbocycles. The van der Waals surface area contributed by atoms with Crippen molar-refractivity contribution in [3.63, 3.8) is 0 Å². The van der Waals surface area contributed by atoms with Gasteiger partial charge in [0.1, 0.15) is 5.75 Å². The van der Waals surface area contributed by atoms with Gasteiger partial charge < -0.3 is 14.2 Å². The molecule has 0 heterocycles. The Labute approximate surface area is 120 Å². The molecule has 0 bridgehead atoms. The maximum atomic E-state index is 11.4. The first-order chi connectivity index (χ1) is 9.92. The van der Waals surface area contributed by atoms with Crippen LogP contribution in [0.4, 0.5) is 0 Å². The maximum absolute atomic E-state index is 11.4. The van der Waals surface area contributed by atoms with Gasteiger partial charge in [-0.05, 0) is 18.2 Å². The van der Waals surface area contributed by atoms with Gasteiger partial charge in [0, 0.05) is 24.0 Å². The summed E-state index contributed by atoms with van der Waals surface area (Å²) in [6, 6.07) is 4.17. The molecule has 21 heavy (non-hydrogen) atoms. The molecular weight excluding hydrogens is 282 g/mol. The van der Waals surface area contributed by atoms with E-state index in [9.17, 15) is 19.7 Å². The van der Waals surface area contributed by atoms with Gasteiger partial charge in [-0.1, -0.05) is 0 Å². The SMILES string of the molecule is COc1cc(OC(=O)C=CC[N+](=O)[O-])ccc1OC(C)=O. The number of carbonyl (C=O) groups is 2. The second-order valence-electron chi connectivity index (χ2n) is 3.75. The van der Waals surface area contributed by atoms with Crippen LogP contribution in [0.1, 0.15) is 6.92 Å². The number of hydrogen-bond acceptors (Lipinski definition) is 7. The van der Waals surface area contributed by atoms with Gasteiger partial charge in [-0.3, -0.25) is 14.9 Å². The number of carbonyl (C=O) groups excluding carboxylic acids is 2. The number of nitro groups is 1. The molecule has 8 heteroatoms. The Bertz CT molecular complexity index is 580. The molecule has 0 aliphatic heterocycles. The number of hydrogen-bond donors (Lipinski definition) is 0. The molecule has 0 aliphatic rings. The third kappa shape index (κ3) is 5.72. The van der Waals surface area contributed by atoms with E-state index in [2.05, 4.69) is 0 Å². The molecule has 0 spiro atoms. The van der Waals surface area contributed by atoms with Crippen molar-refractivity contribution >= 4 is 11.9 Å². The lowest BCUT2D eigenvalue weighted by atomic mass is 10.3. The van der Waals surface area contributed by atoms with Gasteiger partial charge in [0.05, 0.1) is 7.11 Å². The molecule has 0 N–H and O–H groups in total. The second kappa shape index (κ2) is 7.63. The zero-order valence-corrected chi connectivity index (χ0v) is 11.4. The van der Waals surface area contributed by atoms with Crippen molar-refractivity contribution in [3.05, 3.63) is 40.5 Å². The fourth-order valence-electron chi connectivity index (χ4n) is 1.34. The van der Waals surface area contributed by atoms with Crippen LogP contribution in [0, 0.1) is 10.1 Å². The molecule has 0 fully saturated rings. The normalized spacial score (nSPS) is 10.2. The van der Waals surface area contributed by atoms with E-state index < -0.39 is 23.4 Å². The van der Waals surface area contributed by atoms with Crippen LogP contribution in [0.25, 0.3) is 0 Å². The van der Waals surface area contributed by atoms with Crippen LogP contribution in [0.15, 0.2) is 30.4 Å². The summed E-state index contributed by atoms with van der Waals surface area (Å²) in [5.74, 6) is -0.725. The average Bonchev–Trinajstić information content (AvgIpc) is 2.39. The van der Waals surface area contributed by atoms with E-state index in [-0.39, 0.29) is 17.2 Å². The monoisotopic (exact) mass is 295 g/mol. The van der Waals surface area contributed by atoms with Gasteiger partial charge in [-0.15, -0.1) is 0 Å². The molecule has 0 saturated heterocycles. The minimum atomic E-state index is -0.765. The summed E-state index contributed by atoms with van der Waals surface area (Å²) in [6.45, 7) is 0.775. The summed E-state index contributed by atoms with van der Waals surface area (Å²) in [5, 5.41) is 10.1. The Morgan fingerprint density at radius 3 is 2.57 bits per heavy atom. The van der Waals surface area contributed by atoms with Gasteiger partial charge in [-0.2, -0.15) is 0 Å². The summed E-state index contributed by atoms with van der Waals surface area (Å²) in [6.07, 6.45) is 2.03. The molecule has 112 valence electrons. The van der Waals surface area contributed by atoms with E-state index in [1.807, 2.05) is 0 Å². The maximum Gasteiger partial charge on any atom is 0.336 e. The van der Waals surface area contributed by atoms with Crippen LogP contribution in [-0.4, -0.2) is 30.5 Å². The molecule has 0 radical (unpaired) electrons. The van der Waals surface area contributed by atoms with E-state index >= 15 is 0 Å². The number of ether oxygens (including phenoxy) is 3. The first-order valence-corrected chi connectivity index (χ1v) is 5.79. The fourth-order valence-corrected chi connectivity index (χ4v) is 1.34. The topological polar surface area (TPSA) is 105 Å². The number of nitrogens with zero attached hydrogens (tertiary/aromatic N) is 1. The number of esters is 2. The zero-order chi connectivity index (χ0) is 15.8. The molecular formula is C13H13NO7. The molecule has 8 nitrogen and oxygen atoms in total.